The van der Waals surface area contributed by atoms with Crippen molar-refractivity contribution in [3.8, 4) is 0 Å². The van der Waals surface area contributed by atoms with Crippen molar-refractivity contribution in [3.05, 3.63) is 53.9 Å². The molecular formula is C20H31N5O. The maximum atomic E-state index is 5.58. The van der Waals surface area contributed by atoms with Gasteiger partial charge in [0.05, 0.1) is 6.54 Å². The van der Waals surface area contributed by atoms with E-state index in [0.717, 1.165) is 51.6 Å². The molecule has 2 aromatic rings. The van der Waals surface area contributed by atoms with Gasteiger partial charge in [-0.1, -0.05) is 37.6 Å². The topological polar surface area (TPSA) is 63.5 Å². The molecule has 0 aliphatic heterocycles. The summed E-state index contributed by atoms with van der Waals surface area (Å²) < 4.78 is 7.51. The monoisotopic (exact) mass is 357 g/mol. The lowest BCUT2D eigenvalue weighted by Crippen LogP contribution is -2.37. The summed E-state index contributed by atoms with van der Waals surface area (Å²) in [6.45, 7) is 6.16. The van der Waals surface area contributed by atoms with E-state index < -0.39 is 0 Å². The number of guanidine groups is 1. The molecule has 0 saturated heterocycles. The van der Waals surface area contributed by atoms with Crippen LogP contribution < -0.4 is 10.6 Å². The number of aromatic nitrogens is 2. The van der Waals surface area contributed by atoms with Gasteiger partial charge in [-0.3, -0.25) is 9.67 Å². The van der Waals surface area contributed by atoms with Gasteiger partial charge in [0.2, 0.25) is 0 Å². The molecule has 2 N–H and O–H groups in total. The average Bonchev–Trinajstić information content (AvgIpc) is 3.17. The first-order chi connectivity index (χ1) is 12.8. The van der Waals surface area contributed by atoms with Gasteiger partial charge < -0.3 is 15.4 Å². The Labute approximate surface area is 156 Å². The second kappa shape index (κ2) is 12.1. The number of nitrogens with zero attached hydrogens (tertiary/aromatic N) is 3. The van der Waals surface area contributed by atoms with Crippen molar-refractivity contribution in [2.75, 3.05) is 26.8 Å². The number of hydrogen-bond donors (Lipinski definition) is 2. The third-order valence-electron chi connectivity index (χ3n) is 4.08. The standard InChI is InChI=1S/C20H31N5O/c1-3-4-14-26-15-8-11-22-20(21-2)23-16-18-9-5-6-10-19(18)17-25-13-7-12-24-25/h5-7,9-10,12-13H,3-4,8,11,14-17H2,1-2H3,(H2,21,22,23). The number of rotatable bonds is 11. The van der Waals surface area contributed by atoms with Gasteiger partial charge >= 0.3 is 0 Å². The number of nitrogens with one attached hydrogen (secondary N) is 2. The SMILES string of the molecule is CCCCOCCCNC(=NC)NCc1ccccc1Cn1cccn1. The van der Waals surface area contributed by atoms with Crippen molar-refractivity contribution < 1.29 is 4.74 Å². The lowest BCUT2D eigenvalue weighted by Gasteiger charge is -2.14. The average molecular weight is 358 g/mol. The smallest absolute Gasteiger partial charge is 0.191 e. The zero-order valence-corrected chi connectivity index (χ0v) is 15.9. The molecule has 0 aliphatic carbocycles. The number of unbranched alkanes of at least 4 members (excludes halogenated alkanes) is 1. The lowest BCUT2D eigenvalue weighted by atomic mass is 10.1. The summed E-state index contributed by atoms with van der Waals surface area (Å²) in [4.78, 5) is 4.29. The van der Waals surface area contributed by atoms with Gasteiger partial charge in [0.25, 0.3) is 0 Å². The van der Waals surface area contributed by atoms with E-state index in [1.54, 1.807) is 13.2 Å². The normalized spacial score (nSPS) is 11.5. The summed E-state index contributed by atoms with van der Waals surface area (Å²) >= 11 is 0. The largest absolute Gasteiger partial charge is 0.381 e. The van der Waals surface area contributed by atoms with E-state index in [-0.39, 0.29) is 0 Å². The van der Waals surface area contributed by atoms with Gasteiger partial charge in [0.15, 0.2) is 5.96 Å². The fraction of sp³-hybridized carbons (Fsp3) is 0.500. The van der Waals surface area contributed by atoms with E-state index in [4.69, 9.17) is 4.74 Å². The van der Waals surface area contributed by atoms with Gasteiger partial charge in [-0.05, 0) is 30.0 Å². The second-order valence-corrected chi connectivity index (χ2v) is 6.14. The Hall–Kier alpha value is -2.34. The van der Waals surface area contributed by atoms with Gasteiger partial charge in [-0.25, -0.2) is 0 Å². The van der Waals surface area contributed by atoms with Gasteiger partial charge in [0.1, 0.15) is 0 Å². The molecule has 1 aromatic carbocycles. The zero-order chi connectivity index (χ0) is 18.5. The number of benzene rings is 1. The molecule has 26 heavy (non-hydrogen) atoms. The summed E-state index contributed by atoms with van der Waals surface area (Å²) in [6.07, 6.45) is 7.07. The van der Waals surface area contributed by atoms with Crippen LogP contribution >= 0.6 is 0 Å². The zero-order valence-electron chi connectivity index (χ0n) is 15.9. The maximum Gasteiger partial charge on any atom is 0.191 e. The van der Waals surface area contributed by atoms with Crippen LogP contribution in [0.3, 0.4) is 0 Å². The highest BCUT2D eigenvalue weighted by Crippen LogP contribution is 2.10. The Morgan fingerprint density at radius 1 is 1.12 bits per heavy atom. The molecule has 0 saturated carbocycles. The molecule has 142 valence electrons. The molecule has 0 bridgehead atoms. The Balaban J connectivity index is 1.74. The Kier molecular flexibility index (Phi) is 9.29. The number of hydrogen-bond acceptors (Lipinski definition) is 3. The van der Waals surface area contributed by atoms with Crippen LogP contribution in [0.15, 0.2) is 47.7 Å². The van der Waals surface area contributed by atoms with E-state index >= 15 is 0 Å². The minimum Gasteiger partial charge on any atom is -0.381 e. The fourth-order valence-corrected chi connectivity index (χ4v) is 2.58. The molecule has 0 fully saturated rings. The molecule has 0 aliphatic rings. The fourth-order valence-electron chi connectivity index (χ4n) is 2.58. The molecule has 6 heteroatoms. The van der Waals surface area contributed by atoms with E-state index in [1.165, 1.54) is 17.5 Å². The van der Waals surface area contributed by atoms with Gasteiger partial charge in [-0.2, -0.15) is 5.10 Å². The van der Waals surface area contributed by atoms with Gasteiger partial charge in [-0.15, -0.1) is 0 Å². The predicted molar refractivity (Wildman–Crippen MR) is 106 cm³/mol. The van der Waals surface area contributed by atoms with Crippen LogP contribution in [0, 0.1) is 0 Å². The highest BCUT2D eigenvalue weighted by atomic mass is 16.5. The first kappa shape index (κ1) is 20.0. The molecule has 0 radical (unpaired) electrons. The van der Waals surface area contributed by atoms with Crippen molar-refractivity contribution in [2.45, 2.75) is 39.3 Å². The predicted octanol–water partition coefficient (Wildman–Crippen LogP) is 2.80. The molecule has 0 atom stereocenters. The number of ether oxygens (including phenoxy) is 1. The Morgan fingerprint density at radius 2 is 1.92 bits per heavy atom. The summed E-state index contributed by atoms with van der Waals surface area (Å²) in [7, 11) is 1.79. The molecule has 0 unspecified atom stereocenters. The summed E-state index contributed by atoms with van der Waals surface area (Å²) in [5, 5.41) is 11.0. The minimum atomic E-state index is 0.726. The third-order valence-corrected chi connectivity index (χ3v) is 4.08. The van der Waals surface area contributed by atoms with Gasteiger partial charge in [0, 0.05) is 45.7 Å². The highest BCUT2D eigenvalue weighted by Gasteiger charge is 2.04. The van der Waals surface area contributed by atoms with E-state index in [2.05, 4.69) is 51.9 Å². The van der Waals surface area contributed by atoms with Crippen LogP contribution in [0.5, 0.6) is 0 Å². The second-order valence-electron chi connectivity index (χ2n) is 6.14. The lowest BCUT2D eigenvalue weighted by molar-refractivity contribution is 0.129. The summed E-state index contributed by atoms with van der Waals surface area (Å²) in [6, 6.07) is 10.4. The van der Waals surface area contributed by atoms with Crippen molar-refractivity contribution in [2.24, 2.45) is 4.99 Å². The first-order valence-corrected chi connectivity index (χ1v) is 9.40. The molecule has 0 amide bonds. The Bertz CT molecular complexity index is 639. The first-order valence-electron chi connectivity index (χ1n) is 9.40. The summed E-state index contributed by atoms with van der Waals surface area (Å²) in [5.74, 6) is 0.812. The van der Waals surface area contributed by atoms with Crippen LogP contribution in [0.25, 0.3) is 0 Å². The van der Waals surface area contributed by atoms with Crippen molar-refractivity contribution >= 4 is 5.96 Å². The molecule has 2 rings (SSSR count). The quantitative estimate of drug-likeness (QED) is 0.369. The molecular weight excluding hydrogens is 326 g/mol. The maximum absolute atomic E-state index is 5.58. The van der Waals surface area contributed by atoms with E-state index in [9.17, 15) is 0 Å². The van der Waals surface area contributed by atoms with E-state index in [0.29, 0.717) is 0 Å². The molecule has 0 spiro atoms. The number of aliphatic imine (C=N–C) groups is 1. The molecule has 1 aromatic heterocycles. The van der Waals surface area contributed by atoms with Crippen LogP contribution in [0.1, 0.15) is 37.3 Å². The minimum absolute atomic E-state index is 0.726. The van der Waals surface area contributed by atoms with Crippen LogP contribution in [-0.4, -0.2) is 42.5 Å². The van der Waals surface area contributed by atoms with E-state index in [1.807, 2.05) is 16.9 Å². The van der Waals surface area contributed by atoms with Crippen molar-refractivity contribution in [1.29, 1.82) is 0 Å². The van der Waals surface area contributed by atoms with Crippen LogP contribution in [-0.2, 0) is 17.8 Å². The Morgan fingerprint density at radius 3 is 2.65 bits per heavy atom. The van der Waals surface area contributed by atoms with Crippen molar-refractivity contribution in [3.63, 3.8) is 0 Å². The van der Waals surface area contributed by atoms with Crippen molar-refractivity contribution in [1.82, 2.24) is 20.4 Å². The molecule has 6 nitrogen and oxygen atoms in total. The highest BCUT2D eigenvalue weighted by molar-refractivity contribution is 5.79. The van der Waals surface area contributed by atoms with Crippen LogP contribution in [0.2, 0.25) is 0 Å². The molecule has 1 heterocycles. The third kappa shape index (κ3) is 7.27. The van der Waals surface area contributed by atoms with Crippen LogP contribution in [0.4, 0.5) is 0 Å². The summed E-state index contributed by atoms with van der Waals surface area (Å²) in [5.41, 5.74) is 2.50.